The largest absolute Gasteiger partial charge is 0.497 e. The number of aliphatic imine (C=N–C) groups is 1. The Morgan fingerprint density at radius 1 is 1.32 bits per heavy atom. The highest BCUT2D eigenvalue weighted by Gasteiger charge is 2.09. The van der Waals surface area contributed by atoms with Gasteiger partial charge in [0.15, 0.2) is 5.96 Å². The van der Waals surface area contributed by atoms with Gasteiger partial charge in [-0.05, 0) is 23.6 Å². The predicted octanol–water partition coefficient (Wildman–Crippen LogP) is 2.76. The zero-order valence-corrected chi connectivity index (χ0v) is 15.9. The van der Waals surface area contributed by atoms with Crippen molar-refractivity contribution < 1.29 is 4.74 Å². The molecule has 2 rings (SSSR count). The third-order valence-electron chi connectivity index (χ3n) is 3.92. The van der Waals surface area contributed by atoms with Gasteiger partial charge in [-0.3, -0.25) is 4.99 Å². The minimum absolute atomic E-state index is 0.588. The van der Waals surface area contributed by atoms with Crippen LogP contribution in [-0.4, -0.2) is 41.6 Å². The van der Waals surface area contributed by atoms with E-state index in [0.29, 0.717) is 12.5 Å². The van der Waals surface area contributed by atoms with Crippen LogP contribution in [0.1, 0.15) is 25.2 Å². The van der Waals surface area contributed by atoms with Gasteiger partial charge in [-0.25, -0.2) is 4.98 Å². The van der Waals surface area contributed by atoms with Crippen LogP contribution in [0.4, 0.5) is 0 Å². The van der Waals surface area contributed by atoms with Gasteiger partial charge in [0.2, 0.25) is 0 Å². The van der Waals surface area contributed by atoms with Crippen molar-refractivity contribution in [3.63, 3.8) is 0 Å². The van der Waals surface area contributed by atoms with Crippen LogP contribution in [0, 0.1) is 5.92 Å². The van der Waals surface area contributed by atoms with Crippen molar-refractivity contribution >= 4 is 5.96 Å². The predicted molar refractivity (Wildman–Crippen MR) is 102 cm³/mol. The fraction of sp³-hybridized carbons (Fsp3) is 0.474. The van der Waals surface area contributed by atoms with E-state index in [0.717, 1.165) is 30.6 Å². The molecule has 0 radical (unpaired) electrons. The zero-order valence-electron chi connectivity index (χ0n) is 15.9. The number of methoxy groups -OCH3 is 1. The highest BCUT2D eigenvalue weighted by molar-refractivity contribution is 5.79. The maximum atomic E-state index is 5.20. The molecule has 1 aromatic heterocycles. The van der Waals surface area contributed by atoms with Gasteiger partial charge in [0.05, 0.1) is 13.7 Å². The normalized spacial score (nSPS) is 11.7. The molecule has 1 heterocycles. The summed E-state index contributed by atoms with van der Waals surface area (Å²) < 4.78 is 7.39. The first kappa shape index (κ1) is 18.8. The third-order valence-corrected chi connectivity index (χ3v) is 3.92. The van der Waals surface area contributed by atoms with E-state index in [1.165, 1.54) is 5.56 Å². The standard InChI is InChI=1S/C19H29N5O/c1-15(2)13-24-11-10-21-18(24)12-22-19(20-3)23(4)14-16-6-8-17(25-5)9-7-16/h6-11,15H,12-14H2,1-5H3,(H,20,22). The Labute approximate surface area is 150 Å². The summed E-state index contributed by atoms with van der Waals surface area (Å²) in [5, 5.41) is 3.40. The van der Waals surface area contributed by atoms with Crippen molar-refractivity contribution in [1.82, 2.24) is 19.8 Å². The highest BCUT2D eigenvalue weighted by Crippen LogP contribution is 2.12. The van der Waals surface area contributed by atoms with Crippen molar-refractivity contribution in [2.75, 3.05) is 21.2 Å². The lowest BCUT2D eigenvalue weighted by molar-refractivity contribution is 0.414. The highest BCUT2D eigenvalue weighted by atomic mass is 16.5. The molecule has 0 fully saturated rings. The number of guanidine groups is 1. The van der Waals surface area contributed by atoms with Crippen LogP contribution in [-0.2, 0) is 19.6 Å². The number of imidazole rings is 1. The van der Waals surface area contributed by atoms with Crippen molar-refractivity contribution in [2.24, 2.45) is 10.9 Å². The molecule has 136 valence electrons. The quantitative estimate of drug-likeness (QED) is 0.620. The molecule has 0 aliphatic carbocycles. The van der Waals surface area contributed by atoms with Crippen LogP contribution in [0.2, 0.25) is 0 Å². The van der Waals surface area contributed by atoms with Gasteiger partial charge in [0.1, 0.15) is 11.6 Å². The number of hydrogen-bond acceptors (Lipinski definition) is 3. The van der Waals surface area contributed by atoms with Crippen molar-refractivity contribution in [2.45, 2.75) is 33.5 Å². The second kappa shape index (κ2) is 9.11. The molecular formula is C19H29N5O. The number of benzene rings is 1. The number of rotatable bonds is 7. The number of aromatic nitrogens is 2. The molecule has 25 heavy (non-hydrogen) atoms. The van der Waals surface area contributed by atoms with E-state index in [1.54, 1.807) is 14.2 Å². The molecule has 0 aliphatic heterocycles. The monoisotopic (exact) mass is 343 g/mol. The Morgan fingerprint density at radius 2 is 2.04 bits per heavy atom. The van der Waals surface area contributed by atoms with E-state index in [9.17, 15) is 0 Å². The van der Waals surface area contributed by atoms with Gasteiger partial charge in [0, 0.05) is 39.6 Å². The first-order valence-electron chi connectivity index (χ1n) is 8.58. The van der Waals surface area contributed by atoms with Gasteiger partial charge in [-0.1, -0.05) is 26.0 Å². The van der Waals surface area contributed by atoms with Gasteiger partial charge in [-0.15, -0.1) is 0 Å². The molecule has 6 nitrogen and oxygen atoms in total. The van der Waals surface area contributed by atoms with Crippen LogP contribution < -0.4 is 10.1 Å². The molecular weight excluding hydrogens is 314 g/mol. The van der Waals surface area contributed by atoms with Crippen LogP contribution in [0.3, 0.4) is 0 Å². The number of ether oxygens (including phenoxy) is 1. The average Bonchev–Trinajstić information content (AvgIpc) is 3.02. The number of nitrogens with zero attached hydrogens (tertiary/aromatic N) is 4. The van der Waals surface area contributed by atoms with E-state index < -0.39 is 0 Å². The molecule has 0 spiro atoms. The zero-order chi connectivity index (χ0) is 18.2. The molecule has 1 N–H and O–H groups in total. The molecule has 0 aliphatic rings. The van der Waals surface area contributed by atoms with E-state index >= 15 is 0 Å². The average molecular weight is 343 g/mol. The molecule has 6 heteroatoms. The number of nitrogens with one attached hydrogen (secondary N) is 1. The summed E-state index contributed by atoms with van der Waals surface area (Å²) in [6, 6.07) is 8.08. The lowest BCUT2D eigenvalue weighted by atomic mass is 10.2. The van der Waals surface area contributed by atoms with Crippen LogP contribution in [0.15, 0.2) is 41.7 Å². The maximum absolute atomic E-state index is 5.20. The lowest BCUT2D eigenvalue weighted by Crippen LogP contribution is -2.38. The van der Waals surface area contributed by atoms with Crippen molar-refractivity contribution in [1.29, 1.82) is 0 Å². The fourth-order valence-electron chi connectivity index (χ4n) is 2.69. The Balaban J connectivity index is 1.94. The first-order chi connectivity index (χ1) is 12.0. The summed E-state index contributed by atoms with van der Waals surface area (Å²) >= 11 is 0. The first-order valence-corrected chi connectivity index (χ1v) is 8.58. The third kappa shape index (κ3) is 5.52. The van der Waals surface area contributed by atoms with Crippen LogP contribution in [0.25, 0.3) is 0 Å². The minimum atomic E-state index is 0.588. The molecule has 2 aromatic rings. The number of hydrogen-bond donors (Lipinski definition) is 1. The van der Waals surface area contributed by atoms with Crippen LogP contribution in [0.5, 0.6) is 5.75 Å². The fourth-order valence-corrected chi connectivity index (χ4v) is 2.69. The van der Waals surface area contributed by atoms with Crippen molar-refractivity contribution in [3.8, 4) is 5.75 Å². The molecule has 0 unspecified atom stereocenters. The van der Waals surface area contributed by atoms with Crippen molar-refractivity contribution in [3.05, 3.63) is 48.0 Å². The van der Waals surface area contributed by atoms with Gasteiger partial charge < -0.3 is 19.5 Å². The molecule has 0 saturated heterocycles. The summed E-state index contributed by atoms with van der Waals surface area (Å²) in [4.78, 5) is 10.9. The van der Waals surface area contributed by atoms with Gasteiger partial charge in [-0.2, -0.15) is 0 Å². The Morgan fingerprint density at radius 3 is 2.64 bits per heavy atom. The molecule has 0 bridgehead atoms. The van der Waals surface area contributed by atoms with E-state index in [2.05, 4.69) is 50.7 Å². The smallest absolute Gasteiger partial charge is 0.194 e. The molecule has 0 atom stereocenters. The SMILES string of the molecule is CN=C(NCc1nccn1CC(C)C)N(C)Cc1ccc(OC)cc1. The molecule has 0 amide bonds. The molecule has 1 aromatic carbocycles. The summed E-state index contributed by atoms with van der Waals surface area (Å²) in [6.45, 7) is 6.80. The maximum Gasteiger partial charge on any atom is 0.194 e. The van der Waals surface area contributed by atoms with Gasteiger partial charge in [0.25, 0.3) is 0 Å². The van der Waals surface area contributed by atoms with Crippen LogP contribution >= 0.6 is 0 Å². The summed E-state index contributed by atoms with van der Waals surface area (Å²) in [5.74, 6) is 3.32. The minimum Gasteiger partial charge on any atom is -0.497 e. The van der Waals surface area contributed by atoms with E-state index in [4.69, 9.17) is 4.74 Å². The van der Waals surface area contributed by atoms with E-state index in [1.807, 2.05) is 31.6 Å². The lowest BCUT2D eigenvalue weighted by Gasteiger charge is -2.22. The Kier molecular flexibility index (Phi) is 6.86. The van der Waals surface area contributed by atoms with Gasteiger partial charge >= 0.3 is 0 Å². The Hall–Kier alpha value is -2.50. The molecule has 0 saturated carbocycles. The van der Waals surface area contributed by atoms with E-state index in [-0.39, 0.29) is 0 Å². The topological polar surface area (TPSA) is 54.7 Å². The second-order valence-electron chi connectivity index (χ2n) is 6.49. The summed E-state index contributed by atoms with van der Waals surface area (Å²) in [5.41, 5.74) is 1.20. The summed E-state index contributed by atoms with van der Waals surface area (Å²) in [6.07, 6.45) is 3.88. The second-order valence-corrected chi connectivity index (χ2v) is 6.49. The summed E-state index contributed by atoms with van der Waals surface area (Å²) in [7, 11) is 5.50. The Bertz CT molecular complexity index is 675.